The monoisotopic (exact) mass is 305 g/mol. The zero-order valence-electron chi connectivity index (χ0n) is 10.4. The predicted octanol–water partition coefficient (Wildman–Crippen LogP) is 3.56. The van der Waals surface area contributed by atoms with Crippen LogP contribution < -0.4 is 5.32 Å². The zero-order valence-corrected chi connectivity index (χ0v) is 12.0. The maximum Gasteiger partial charge on any atom is 0.133 e. The van der Waals surface area contributed by atoms with E-state index in [0.29, 0.717) is 0 Å². The van der Waals surface area contributed by atoms with Gasteiger partial charge in [-0.05, 0) is 31.0 Å². The Morgan fingerprint density at radius 3 is 3.11 bits per heavy atom. The second-order valence-corrected chi connectivity index (χ2v) is 5.51. The Balaban J connectivity index is 2.10. The average molecular weight is 306 g/mol. The largest absolute Gasteiger partial charge is 0.369 e. The van der Waals surface area contributed by atoms with Gasteiger partial charge in [-0.2, -0.15) is 5.10 Å². The van der Waals surface area contributed by atoms with E-state index in [1.54, 1.807) is 0 Å². The van der Waals surface area contributed by atoms with E-state index >= 15 is 0 Å². The highest BCUT2D eigenvalue weighted by Crippen LogP contribution is 2.29. The van der Waals surface area contributed by atoms with Gasteiger partial charge in [0, 0.05) is 16.6 Å². The van der Waals surface area contributed by atoms with E-state index in [1.165, 1.54) is 17.1 Å². The highest BCUT2D eigenvalue weighted by molar-refractivity contribution is 9.10. The van der Waals surface area contributed by atoms with E-state index in [0.717, 1.165) is 36.0 Å². The normalized spacial score (nSPS) is 13.4. The Kier molecular flexibility index (Phi) is 3.12. The van der Waals surface area contributed by atoms with Crippen LogP contribution in [0, 0.1) is 0 Å². The number of hydrogen-bond donors (Lipinski definition) is 1. The molecule has 18 heavy (non-hydrogen) atoms. The van der Waals surface area contributed by atoms with E-state index in [-0.39, 0.29) is 0 Å². The number of rotatable bonds is 3. The standard InChI is InChI=1S/C14H16BrN3/c1-2-4-13-12-7-8-16-14(12)18(17-13)11-6-3-5-10(15)9-11/h3,5-6,9,16H,2,4,7-8H2,1H3. The molecule has 0 fully saturated rings. The molecule has 1 aliphatic rings. The zero-order chi connectivity index (χ0) is 12.5. The van der Waals surface area contributed by atoms with Crippen LogP contribution >= 0.6 is 15.9 Å². The molecule has 0 saturated carbocycles. The summed E-state index contributed by atoms with van der Waals surface area (Å²) in [5, 5.41) is 8.22. The fraction of sp³-hybridized carbons (Fsp3) is 0.357. The first-order valence-corrected chi connectivity index (χ1v) is 7.19. The number of benzene rings is 1. The quantitative estimate of drug-likeness (QED) is 0.940. The Bertz CT molecular complexity index is 574. The van der Waals surface area contributed by atoms with Crippen molar-refractivity contribution in [3.63, 3.8) is 0 Å². The van der Waals surface area contributed by atoms with E-state index in [4.69, 9.17) is 5.10 Å². The van der Waals surface area contributed by atoms with Gasteiger partial charge in [0.25, 0.3) is 0 Å². The van der Waals surface area contributed by atoms with Crippen molar-refractivity contribution in [3.05, 3.63) is 40.0 Å². The number of fused-ring (bicyclic) bond motifs is 1. The third-order valence-electron chi connectivity index (χ3n) is 3.27. The van der Waals surface area contributed by atoms with E-state index in [9.17, 15) is 0 Å². The minimum absolute atomic E-state index is 1.03. The minimum Gasteiger partial charge on any atom is -0.369 e. The fourth-order valence-electron chi connectivity index (χ4n) is 2.48. The summed E-state index contributed by atoms with van der Waals surface area (Å²) in [5.41, 5.74) is 3.76. The van der Waals surface area contributed by atoms with Gasteiger partial charge in [-0.1, -0.05) is 35.3 Å². The Labute approximate surface area is 115 Å². The second-order valence-electron chi connectivity index (χ2n) is 4.59. The maximum absolute atomic E-state index is 4.77. The predicted molar refractivity (Wildman–Crippen MR) is 77.5 cm³/mol. The summed E-state index contributed by atoms with van der Waals surface area (Å²) in [5.74, 6) is 1.18. The lowest BCUT2D eigenvalue weighted by Crippen LogP contribution is -2.04. The molecule has 3 rings (SSSR count). The van der Waals surface area contributed by atoms with Crippen molar-refractivity contribution in [2.24, 2.45) is 0 Å². The number of aryl methyl sites for hydroxylation is 1. The van der Waals surface area contributed by atoms with Crippen LogP contribution in [0.25, 0.3) is 5.69 Å². The molecule has 0 amide bonds. The number of halogens is 1. The van der Waals surface area contributed by atoms with Crippen molar-refractivity contribution in [1.82, 2.24) is 9.78 Å². The molecule has 4 heteroatoms. The van der Waals surface area contributed by atoms with Gasteiger partial charge in [-0.15, -0.1) is 0 Å². The highest BCUT2D eigenvalue weighted by atomic mass is 79.9. The maximum atomic E-state index is 4.77. The van der Waals surface area contributed by atoms with Crippen molar-refractivity contribution in [2.45, 2.75) is 26.2 Å². The van der Waals surface area contributed by atoms with Gasteiger partial charge < -0.3 is 5.32 Å². The smallest absolute Gasteiger partial charge is 0.133 e. The Morgan fingerprint density at radius 1 is 1.44 bits per heavy atom. The number of nitrogens with one attached hydrogen (secondary N) is 1. The molecule has 0 spiro atoms. The van der Waals surface area contributed by atoms with Gasteiger partial charge in [0.05, 0.1) is 11.4 Å². The van der Waals surface area contributed by atoms with Crippen molar-refractivity contribution in [1.29, 1.82) is 0 Å². The summed E-state index contributed by atoms with van der Waals surface area (Å²) in [7, 11) is 0. The molecular formula is C14H16BrN3. The summed E-state index contributed by atoms with van der Waals surface area (Å²) in [6.07, 6.45) is 3.30. The molecule has 1 N–H and O–H groups in total. The molecule has 94 valence electrons. The summed E-state index contributed by atoms with van der Waals surface area (Å²) in [6.45, 7) is 3.23. The van der Waals surface area contributed by atoms with Crippen LogP contribution in [0.4, 0.5) is 5.82 Å². The molecule has 3 nitrogen and oxygen atoms in total. The molecule has 2 aromatic rings. The van der Waals surface area contributed by atoms with Gasteiger partial charge in [0.15, 0.2) is 0 Å². The van der Waals surface area contributed by atoms with E-state index in [1.807, 2.05) is 16.8 Å². The van der Waals surface area contributed by atoms with Crippen LogP contribution in [0.2, 0.25) is 0 Å². The summed E-state index contributed by atoms with van der Waals surface area (Å²) in [6, 6.07) is 8.27. The van der Waals surface area contributed by atoms with Crippen molar-refractivity contribution in [2.75, 3.05) is 11.9 Å². The molecule has 0 unspecified atom stereocenters. The first-order chi connectivity index (χ1) is 8.79. The lowest BCUT2D eigenvalue weighted by Gasteiger charge is -2.06. The molecule has 1 aliphatic heterocycles. The summed E-state index contributed by atoms with van der Waals surface area (Å²) < 4.78 is 3.12. The van der Waals surface area contributed by atoms with Crippen LogP contribution in [0.1, 0.15) is 24.6 Å². The van der Waals surface area contributed by atoms with Gasteiger partial charge in [0.2, 0.25) is 0 Å². The van der Waals surface area contributed by atoms with Crippen LogP contribution in [0.3, 0.4) is 0 Å². The van der Waals surface area contributed by atoms with Gasteiger partial charge in [0.1, 0.15) is 5.82 Å². The fourth-order valence-corrected chi connectivity index (χ4v) is 2.87. The third kappa shape index (κ3) is 1.94. The van der Waals surface area contributed by atoms with Crippen LogP contribution in [-0.2, 0) is 12.8 Å². The van der Waals surface area contributed by atoms with E-state index < -0.39 is 0 Å². The molecule has 2 heterocycles. The van der Waals surface area contributed by atoms with Gasteiger partial charge >= 0.3 is 0 Å². The third-order valence-corrected chi connectivity index (χ3v) is 3.77. The minimum atomic E-state index is 1.03. The summed E-state index contributed by atoms with van der Waals surface area (Å²) in [4.78, 5) is 0. The number of anilines is 1. The molecule has 1 aromatic carbocycles. The molecule has 0 aliphatic carbocycles. The lowest BCUT2D eigenvalue weighted by atomic mass is 10.1. The number of nitrogens with zero attached hydrogens (tertiary/aromatic N) is 2. The topological polar surface area (TPSA) is 29.9 Å². The average Bonchev–Trinajstić information content (AvgIpc) is 2.93. The van der Waals surface area contributed by atoms with Gasteiger partial charge in [-0.3, -0.25) is 0 Å². The molecule has 0 bridgehead atoms. The molecular weight excluding hydrogens is 290 g/mol. The first-order valence-electron chi connectivity index (χ1n) is 6.40. The molecule has 0 atom stereocenters. The molecule has 0 saturated heterocycles. The Morgan fingerprint density at radius 2 is 2.33 bits per heavy atom. The highest BCUT2D eigenvalue weighted by Gasteiger charge is 2.22. The lowest BCUT2D eigenvalue weighted by molar-refractivity contribution is 0.796. The summed E-state index contributed by atoms with van der Waals surface area (Å²) >= 11 is 3.52. The number of hydrogen-bond acceptors (Lipinski definition) is 2. The van der Waals surface area contributed by atoms with Crippen molar-refractivity contribution >= 4 is 21.7 Å². The number of aromatic nitrogens is 2. The van der Waals surface area contributed by atoms with Crippen LogP contribution in [0.15, 0.2) is 28.7 Å². The van der Waals surface area contributed by atoms with Crippen molar-refractivity contribution in [3.8, 4) is 5.69 Å². The Hall–Kier alpha value is -1.29. The van der Waals surface area contributed by atoms with Crippen LogP contribution in [0.5, 0.6) is 0 Å². The first kappa shape index (κ1) is 11.8. The van der Waals surface area contributed by atoms with Gasteiger partial charge in [-0.25, -0.2) is 4.68 Å². The second kappa shape index (κ2) is 4.76. The van der Waals surface area contributed by atoms with Crippen molar-refractivity contribution < 1.29 is 0 Å². The SMILES string of the molecule is CCCc1nn(-c2cccc(Br)c2)c2c1CCN2. The molecule has 1 aromatic heterocycles. The van der Waals surface area contributed by atoms with E-state index in [2.05, 4.69) is 40.3 Å². The molecule has 0 radical (unpaired) electrons. The van der Waals surface area contributed by atoms with Crippen LogP contribution in [-0.4, -0.2) is 16.3 Å².